The largest absolute Gasteiger partial charge is 0.354 e. The Hall–Kier alpha value is -1.27. The van der Waals surface area contributed by atoms with E-state index in [9.17, 15) is 13.2 Å². The fourth-order valence-electron chi connectivity index (χ4n) is 2.13. The van der Waals surface area contributed by atoms with Crippen molar-refractivity contribution >= 4 is 33.2 Å². The molecule has 7 heteroatoms. The van der Waals surface area contributed by atoms with Gasteiger partial charge < -0.3 is 5.32 Å². The molecular formula is C15H23ClN2O3S. The summed E-state index contributed by atoms with van der Waals surface area (Å²) in [7, 11) is -3.58. The van der Waals surface area contributed by atoms with E-state index in [-0.39, 0.29) is 5.91 Å². The first kappa shape index (κ1) is 18.8. The van der Waals surface area contributed by atoms with Gasteiger partial charge in [-0.05, 0) is 37.6 Å². The zero-order valence-corrected chi connectivity index (χ0v) is 14.7. The van der Waals surface area contributed by atoms with Crippen LogP contribution in [-0.4, -0.2) is 33.2 Å². The number of carbonyl (C=O) groups excluding carboxylic acids is 1. The Balaban J connectivity index is 2.88. The molecule has 1 atom stereocenters. The van der Waals surface area contributed by atoms with Gasteiger partial charge >= 0.3 is 0 Å². The minimum atomic E-state index is -3.58. The monoisotopic (exact) mass is 346 g/mol. The number of sulfonamides is 1. The van der Waals surface area contributed by atoms with Crippen LogP contribution in [0.2, 0.25) is 5.02 Å². The number of hydrogen-bond acceptors (Lipinski definition) is 3. The Labute approximate surface area is 137 Å². The van der Waals surface area contributed by atoms with Crippen molar-refractivity contribution in [2.45, 2.75) is 39.2 Å². The zero-order chi connectivity index (χ0) is 16.8. The normalized spacial score (nSPS) is 12.7. The highest BCUT2D eigenvalue weighted by Gasteiger charge is 2.28. The molecule has 1 aromatic rings. The highest BCUT2D eigenvalue weighted by Crippen LogP contribution is 2.22. The smallest absolute Gasteiger partial charge is 0.243 e. The number of amides is 1. The number of nitrogens with one attached hydrogen (secondary N) is 1. The molecule has 0 saturated heterocycles. The van der Waals surface area contributed by atoms with E-state index < -0.39 is 16.1 Å². The van der Waals surface area contributed by atoms with Crippen molar-refractivity contribution in [2.24, 2.45) is 0 Å². The van der Waals surface area contributed by atoms with Crippen LogP contribution in [0.3, 0.4) is 0 Å². The number of unbranched alkanes of at least 4 members (excludes halogenated alkanes) is 2. The maximum absolute atomic E-state index is 12.2. The Morgan fingerprint density at radius 3 is 2.36 bits per heavy atom. The van der Waals surface area contributed by atoms with Crippen LogP contribution in [0.1, 0.15) is 33.1 Å². The molecule has 0 fully saturated rings. The summed E-state index contributed by atoms with van der Waals surface area (Å²) in [5, 5.41) is 3.29. The minimum absolute atomic E-state index is 0.309. The molecule has 1 amide bonds. The van der Waals surface area contributed by atoms with Crippen LogP contribution in [0.15, 0.2) is 24.3 Å². The van der Waals surface area contributed by atoms with Gasteiger partial charge in [0, 0.05) is 11.6 Å². The number of halogens is 1. The summed E-state index contributed by atoms with van der Waals surface area (Å²) in [6.07, 6.45) is 4.06. The molecule has 124 valence electrons. The minimum Gasteiger partial charge on any atom is -0.354 e. The molecule has 0 heterocycles. The van der Waals surface area contributed by atoms with Gasteiger partial charge in [-0.25, -0.2) is 8.42 Å². The molecule has 1 aromatic carbocycles. The highest BCUT2D eigenvalue weighted by atomic mass is 35.5. The Morgan fingerprint density at radius 2 is 1.86 bits per heavy atom. The van der Waals surface area contributed by atoms with E-state index in [0.29, 0.717) is 17.3 Å². The lowest BCUT2D eigenvalue weighted by Crippen LogP contribution is -2.48. The molecule has 5 nitrogen and oxygen atoms in total. The maximum Gasteiger partial charge on any atom is 0.243 e. The van der Waals surface area contributed by atoms with Crippen molar-refractivity contribution in [3.8, 4) is 0 Å². The SMILES string of the molecule is CCCCCNC(=O)[C@H](C)N(c1ccc(Cl)cc1)S(C)(=O)=O. The first-order chi connectivity index (χ1) is 10.3. The van der Waals surface area contributed by atoms with Crippen LogP contribution >= 0.6 is 11.6 Å². The standard InChI is InChI=1S/C15H23ClN2O3S/c1-4-5-6-11-17-15(19)12(2)18(22(3,20)21)14-9-7-13(16)8-10-14/h7-10,12H,4-6,11H2,1-3H3,(H,17,19)/t12-/m0/s1. The van der Waals surface area contributed by atoms with E-state index in [1.54, 1.807) is 31.2 Å². The van der Waals surface area contributed by atoms with Gasteiger partial charge in [-0.15, -0.1) is 0 Å². The molecule has 1 rings (SSSR count). The topological polar surface area (TPSA) is 66.5 Å². The van der Waals surface area contributed by atoms with Gasteiger partial charge in [0.2, 0.25) is 15.9 Å². The number of benzene rings is 1. The molecule has 0 bridgehead atoms. The zero-order valence-electron chi connectivity index (χ0n) is 13.2. The molecule has 0 spiro atoms. The van der Waals surface area contributed by atoms with E-state index in [1.165, 1.54) is 0 Å². The molecule has 1 N–H and O–H groups in total. The van der Waals surface area contributed by atoms with Crippen LogP contribution in [0.4, 0.5) is 5.69 Å². The van der Waals surface area contributed by atoms with Crippen LogP contribution in [0.25, 0.3) is 0 Å². The fourth-order valence-corrected chi connectivity index (χ4v) is 3.43. The molecular weight excluding hydrogens is 324 g/mol. The predicted molar refractivity (Wildman–Crippen MR) is 90.8 cm³/mol. The summed E-state index contributed by atoms with van der Waals surface area (Å²) in [5.41, 5.74) is 0.420. The van der Waals surface area contributed by atoms with Crippen molar-refractivity contribution in [3.05, 3.63) is 29.3 Å². The van der Waals surface area contributed by atoms with Gasteiger partial charge in [-0.3, -0.25) is 9.10 Å². The Kier molecular flexibility index (Phi) is 7.16. The van der Waals surface area contributed by atoms with Gasteiger partial charge in [0.1, 0.15) is 6.04 Å². The maximum atomic E-state index is 12.2. The van der Waals surface area contributed by atoms with Gasteiger partial charge in [0.15, 0.2) is 0 Å². The Bertz CT molecular complexity index is 587. The summed E-state index contributed by atoms with van der Waals surface area (Å²) in [6.45, 7) is 4.20. The molecule has 0 saturated carbocycles. The van der Waals surface area contributed by atoms with Crippen molar-refractivity contribution < 1.29 is 13.2 Å². The van der Waals surface area contributed by atoms with Crippen LogP contribution in [0.5, 0.6) is 0 Å². The second kappa shape index (κ2) is 8.39. The lowest BCUT2D eigenvalue weighted by molar-refractivity contribution is -0.121. The van der Waals surface area contributed by atoms with E-state index in [2.05, 4.69) is 12.2 Å². The van der Waals surface area contributed by atoms with E-state index in [4.69, 9.17) is 11.6 Å². The third-order valence-electron chi connectivity index (χ3n) is 3.25. The van der Waals surface area contributed by atoms with Gasteiger partial charge in [-0.2, -0.15) is 0 Å². The van der Waals surface area contributed by atoms with Crippen LogP contribution in [-0.2, 0) is 14.8 Å². The third-order valence-corrected chi connectivity index (χ3v) is 4.74. The highest BCUT2D eigenvalue weighted by molar-refractivity contribution is 7.92. The molecule has 0 aliphatic heterocycles. The lowest BCUT2D eigenvalue weighted by Gasteiger charge is -2.28. The summed E-state index contributed by atoms with van der Waals surface area (Å²) in [4.78, 5) is 12.2. The number of rotatable bonds is 8. The second-order valence-corrected chi connectivity index (χ2v) is 7.51. The van der Waals surface area contributed by atoms with Crippen molar-refractivity contribution in [1.82, 2.24) is 5.32 Å². The number of nitrogens with zero attached hydrogens (tertiary/aromatic N) is 1. The molecule has 0 aliphatic carbocycles. The van der Waals surface area contributed by atoms with Crippen molar-refractivity contribution in [3.63, 3.8) is 0 Å². The average molecular weight is 347 g/mol. The molecule has 22 heavy (non-hydrogen) atoms. The van der Waals surface area contributed by atoms with Crippen LogP contribution in [0, 0.1) is 0 Å². The molecule has 0 aliphatic rings. The molecule has 0 unspecified atom stereocenters. The number of carbonyl (C=O) groups is 1. The number of anilines is 1. The summed E-state index contributed by atoms with van der Waals surface area (Å²) in [6, 6.07) is 5.55. The Morgan fingerprint density at radius 1 is 1.27 bits per heavy atom. The van der Waals surface area contributed by atoms with E-state index in [0.717, 1.165) is 29.8 Å². The van der Waals surface area contributed by atoms with E-state index >= 15 is 0 Å². The second-order valence-electron chi connectivity index (χ2n) is 5.21. The van der Waals surface area contributed by atoms with E-state index in [1.807, 2.05) is 0 Å². The van der Waals surface area contributed by atoms with Gasteiger partial charge in [-0.1, -0.05) is 31.4 Å². The quantitative estimate of drug-likeness (QED) is 0.736. The summed E-state index contributed by atoms with van der Waals surface area (Å²) in [5.74, 6) is -0.309. The predicted octanol–water partition coefficient (Wildman–Crippen LogP) is 2.80. The van der Waals surface area contributed by atoms with Gasteiger partial charge in [0.05, 0.1) is 11.9 Å². The first-order valence-corrected chi connectivity index (χ1v) is 9.52. The molecule has 0 aromatic heterocycles. The summed E-state index contributed by atoms with van der Waals surface area (Å²) >= 11 is 5.82. The van der Waals surface area contributed by atoms with Crippen molar-refractivity contribution in [2.75, 3.05) is 17.1 Å². The van der Waals surface area contributed by atoms with Crippen molar-refractivity contribution in [1.29, 1.82) is 0 Å². The number of hydrogen-bond donors (Lipinski definition) is 1. The lowest BCUT2D eigenvalue weighted by atomic mass is 10.2. The van der Waals surface area contributed by atoms with Gasteiger partial charge in [0.25, 0.3) is 0 Å². The van der Waals surface area contributed by atoms with Crippen LogP contribution < -0.4 is 9.62 Å². The molecule has 0 radical (unpaired) electrons. The summed E-state index contributed by atoms with van der Waals surface area (Å²) < 4.78 is 25.2. The third kappa shape index (κ3) is 5.50. The fraction of sp³-hybridized carbons (Fsp3) is 0.533. The average Bonchev–Trinajstić information content (AvgIpc) is 2.44. The first-order valence-electron chi connectivity index (χ1n) is 7.30.